The van der Waals surface area contributed by atoms with Crippen LogP contribution in [0.15, 0.2) is 60.2 Å². The highest BCUT2D eigenvalue weighted by atomic mass is 16.4. The molecule has 0 radical (unpaired) electrons. The number of anilines is 1. The van der Waals surface area contributed by atoms with Gasteiger partial charge in [0.05, 0.1) is 5.56 Å². The van der Waals surface area contributed by atoms with E-state index >= 15 is 0 Å². The highest BCUT2D eigenvalue weighted by Crippen LogP contribution is 2.67. The number of rotatable bonds is 4. The number of benzene rings is 2. The van der Waals surface area contributed by atoms with Crippen molar-refractivity contribution in [3.05, 3.63) is 76.9 Å². The van der Waals surface area contributed by atoms with Gasteiger partial charge < -0.3 is 10.0 Å². The van der Waals surface area contributed by atoms with Crippen molar-refractivity contribution in [3.63, 3.8) is 0 Å². The molecule has 3 aliphatic rings. The maximum atomic E-state index is 11.1. The topological polar surface area (TPSA) is 40.5 Å². The van der Waals surface area contributed by atoms with Crippen molar-refractivity contribution in [2.75, 3.05) is 18.0 Å². The number of carboxylic acids is 1. The molecule has 1 heterocycles. The van der Waals surface area contributed by atoms with Crippen molar-refractivity contribution >= 4 is 23.3 Å². The summed E-state index contributed by atoms with van der Waals surface area (Å²) in [4.78, 5) is 13.5. The molecular weight excluding hydrogens is 394 g/mol. The molecule has 1 N–H and O–H groups in total. The summed E-state index contributed by atoms with van der Waals surface area (Å²) in [5.74, 6) is -0.180. The van der Waals surface area contributed by atoms with E-state index in [9.17, 15) is 4.79 Å². The first-order valence-electron chi connectivity index (χ1n) is 11.9. The van der Waals surface area contributed by atoms with Crippen molar-refractivity contribution < 1.29 is 9.90 Å². The smallest absolute Gasteiger partial charge is 0.335 e. The Labute approximate surface area is 191 Å². The second-order valence-electron chi connectivity index (χ2n) is 10.5. The zero-order valence-corrected chi connectivity index (χ0v) is 19.4. The van der Waals surface area contributed by atoms with Gasteiger partial charge in [0.25, 0.3) is 0 Å². The molecule has 1 saturated heterocycles. The lowest BCUT2D eigenvalue weighted by molar-refractivity contribution is 0.0697. The Morgan fingerprint density at radius 1 is 1.03 bits per heavy atom. The number of hydrogen-bond acceptors (Lipinski definition) is 2. The average Bonchev–Trinajstić information content (AvgIpc) is 3.14. The largest absolute Gasteiger partial charge is 0.478 e. The zero-order valence-electron chi connectivity index (χ0n) is 19.4. The lowest BCUT2D eigenvalue weighted by atomic mass is 9.66. The molecule has 1 unspecified atom stereocenters. The van der Waals surface area contributed by atoms with Gasteiger partial charge >= 0.3 is 5.97 Å². The van der Waals surface area contributed by atoms with Gasteiger partial charge in [0, 0.05) is 18.8 Å². The average molecular weight is 428 g/mol. The standard InChI is InChI=1S/C29H33NO2/c1-28(2)23-12-15-29(28,3)26(19-23)25-7-5-4-6-22(25)18-20-13-16-30(17-14-20)24-10-8-21(9-11-24)27(31)32/h4-11,18-19,23H,12-17H2,1-3H3,(H,31,32)/t23?,29-/m1/s1. The normalized spacial score (nSPS) is 26.2. The molecule has 0 spiro atoms. The Balaban J connectivity index is 1.35. The zero-order chi connectivity index (χ0) is 22.5. The van der Waals surface area contributed by atoms with E-state index < -0.39 is 5.97 Å². The van der Waals surface area contributed by atoms with Crippen LogP contribution in [0.25, 0.3) is 11.6 Å². The summed E-state index contributed by atoms with van der Waals surface area (Å²) in [6, 6.07) is 16.2. The minimum absolute atomic E-state index is 0.262. The molecule has 0 aromatic heterocycles. The molecule has 166 valence electrons. The summed E-state index contributed by atoms with van der Waals surface area (Å²) in [7, 11) is 0. The molecule has 2 atom stereocenters. The second-order valence-corrected chi connectivity index (χ2v) is 10.5. The van der Waals surface area contributed by atoms with E-state index in [1.54, 1.807) is 17.7 Å². The Morgan fingerprint density at radius 3 is 2.31 bits per heavy atom. The molecule has 3 nitrogen and oxygen atoms in total. The third kappa shape index (κ3) is 3.30. The predicted octanol–water partition coefficient (Wildman–Crippen LogP) is 6.91. The monoisotopic (exact) mass is 427 g/mol. The van der Waals surface area contributed by atoms with E-state index in [1.807, 2.05) is 12.1 Å². The first-order chi connectivity index (χ1) is 15.3. The number of fused-ring (bicyclic) bond motifs is 2. The van der Waals surface area contributed by atoms with Gasteiger partial charge in [0.15, 0.2) is 0 Å². The summed E-state index contributed by atoms with van der Waals surface area (Å²) < 4.78 is 0. The summed E-state index contributed by atoms with van der Waals surface area (Å²) in [6.07, 6.45) is 9.70. The second kappa shape index (κ2) is 7.65. The predicted molar refractivity (Wildman–Crippen MR) is 132 cm³/mol. The Kier molecular flexibility index (Phi) is 5.03. The quantitative estimate of drug-likeness (QED) is 0.576. The minimum Gasteiger partial charge on any atom is -0.478 e. The van der Waals surface area contributed by atoms with Crippen molar-refractivity contribution in [1.29, 1.82) is 0 Å². The van der Waals surface area contributed by atoms with Crippen LogP contribution in [-0.2, 0) is 0 Å². The van der Waals surface area contributed by atoms with Crippen LogP contribution in [0, 0.1) is 16.7 Å². The fourth-order valence-electron chi connectivity index (χ4n) is 6.18. The maximum absolute atomic E-state index is 11.1. The number of aromatic carboxylic acids is 1. The van der Waals surface area contributed by atoms with Crippen LogP contribution >= 0.6 is 0 Å². The van der Waals surface area contributed by atoms with Crippen LogP contribution < -0.4 is 4.90 Å². The van der Waals surface area contributed by atoms with Crippen LogP contribution in [0.2, 0.25) is 0 Å². The van der Waals surface area contributed by atoms with E-state index in [2.05, 4.69) is 62.1 Å². The van der Waals surface area contributed by atoms with Gasteiger partial charge in [0.2, 0.25) is 0 Å². The number of allylic oxidation sites excluding steroid dienone is 2. The van der Waals surface area contributed by atoms with Crippen LogP contribution in [0.5, 0.6) is 0 Å². The van der Waals surface area contributed by atoms with Gasteiger partial charge in [-0.2, -0.15) is 0 Å². The fraction of sp³-hybridized carbons (Fsp3) is 0.414. The maximum Gasteiger partial charge on any atom is 0.335 e. The van der Waals surface area contributed by atoms with Gasteiger partial charge in [-0.15, -0.1) is 0 Å². The number of hydrogen-bond donors (Lipinski definition) is 1. The molecule has 5 rings (SSSR count). The first kappa shape index (κ1) is 21.1. The summed E-state index contributed by atoms with van der Waals surface area (Å²) >= 11 is 0. The first-order valence-corrected chi connectivity index (χ1v) is 11.9. The van der Waals surface area contributed by atoms with E-state index in [1.165, 1.54) is 29.5 Å². The minimum atomic E-state index is -0.873. The molecule has 2 bridgehead atoms. The van der Waals surface area contributed by atoms with Crippen molar-refractivity contribution in [2.45, 2.75) is 46.5 Å². The van der Waals surface area contributed by atoms with E-state index in [0.29, 0.717) is 16.9 Å². The molecule has 2 aromatic rings. The van der Waals surface area contributed by atoms with Crippen molar-refractivity contribution in [1.82, 2.24) is 0 Å². The molecule has 3 heteroatoms. The SMILES string of the molecule is CC1(C)C2C=C(c3ccccc3C=C3CCN(c4ccc(C(=O)O)cc4)CC3)[C@@]1(C)CC2. The molecule has 1 aliphatic heterocycles. The lowest BCUT2D eigenvalue weighted by Gasteiger charge is -2.38. The van der Waals surface area contributed by atoms with Gasteiger partial charge in [-0.25, -0.2) is 4.79 Å². The van der Waals surface area contributed by atoms with E-state index in [-0.39, 0.29) is 5.41 Å². The third-order valence-corrected chi connectivity index (χ3v) is 8.76. The summed E-state index contributed by atoms with van der Waals surface area (Å²) in [5, 5.41) is 9.12. The van der Waals surface area contributed by atoms with Crippen molar-refractivity contribution in [2.24, 2.45) is 16.7 Å². The Morgan fingerprint density at radius 2 is 1.72 bits per heavy atom. The highest BCUT2D eigenvalue weighted by molar-refractivity contribution is 5.88. The number of carboxylic acid groups (broad SMARTS) is 1. The van der Waals surface area contributed by atoms with Crippen LogP contribution in [0.4, 0.5) is 5.69 Å². The van der Waals surface area contributed by atoms with Gasteiger partial charge in [-0.1, -0.05) is 62.8 Å². The Bertz CT molecular complexity index is 1100. The molecule has 2 aliphatic carbocycles. The number of carbonyl (C=O) groups is 1. The van der Waals surface area contributed by atoms with Crippen molar-refractivity contribution in [3.8, 4) is 0 Å². The highest BCUT2D eigenvalue weighted by Gasteiger charge is 2.57. The van der Waals surface area contributed by atoms with Crippen LogP contribution in [0.3, 0.4) is 0 Å². The molecular formula is C29H33NO2. The van der Waals surface area contributed by atoms with E-state index in [0.717, 1.165) is 31.6 Å². The van der Waals surface area contributed by atoms with E-state index in [4.69, 9.17) is 5.11 Å². The third-order valence-electron chi connectivity index (χ3n) is 8.76. The molecule has 1 saturated carbocycles. The lowest BCUT2D eigenvalue weighted by Crippen LogP contribution is -2.30. The molecule has 2 fully saturated rings. The number of piperidine rings is 1. The summed E-state index contributed by atoms with van der Waals surface area (Å²) in [6.45, 7) is 9.32. The molecule has 32 heavy (non-hydrogen) atoms. The van der Waals surface area contributed by atoms with Gasteiger partial charge in [0.1, 0.15) is 0 Å². The summed E-state index contributed by atoms with van der Waals surface area (Å²) in [5.41, 5.74) is 7.89. The number of nitrogens with zero attached hydrogens (tertiary/aromatic N) is 1. The molecule has 0 amide bonds. The van der Waals surface area contributed by atoms with Crippen LogP contribution in [-0.4, -0.2) is 24.2 Å². The van der Waals surface area contributed by atoms with Gasteiger partial charge in [-0.3, -0.25) is 0 Å². The van der Waals surface area contributed by atoms with Gasteiger partial charge in [-0.05, 0) is 83.4 Å². The molecule has 2 aromatic carbocycles. The Hall–Kier alpha value is -2.81. The van der Waals surface area contributed by atoms with Crippen LogP contribution in [0.1, 0.15) is 67.9 Å². The fourth-order valence-corrected chi connectivity index (χ4v) is 6.18.